The number of hydrogen-bond donors (Lipinski definition) is 0. The monoisotopic (exact) mass is 229 g/mol. The molecule has 1 fully saturated rings. The number of nitrogens with zero attached hydrogens (tertiary/aromatic N) is 5. The first-order chi connectivity index (χ1) is 7.15. The second-order valence-electron chi connectivity index (χ2n) is 4.15. The second-order valence-corrected chi connectivity index (χ2v) is 4.77. The summed E-state index contributed by atoms with van der Waals surface area (Å²) < 4.78 is 0. The number of tetrazole rings is 1. The maximum atomic E-state index is 6.14. The lowest BCUT2D eigenvalue weighted by atomic mass is 10.0. The lowest BCUT2D eigenvalue weighted by Gasteiger charge is -2.34. The molecule has 0 aliphatic carbocycles. The highest BCUT2D eigenvalue weighted by Gasteiger charge is 2.24. The number of aromatic nitrogens is 4. The average Bonchev–Trinajstić information content (AvgIpc) is 2.58. The van der Waals surface area contributed by atoms with E-state index in [1.807, 2.05) is 0 Å². The van der Waals surface area contributed by atoms with Gasteiger partial charge in [0.25, 0.3) is 0 Å². The van der Waals surface area contributed by atoms with Gasteiger partial charge >= 0.3 is 0 Å². The smallest absolute Gasteiger partial charge is 0.188 e. The molecule has 0 aromatic carbocycles. The molecule has 1 aromatic rings. The Bertz CT molecular complexity index is 326. The summed E-state index contributed by atoms with van der Waals surface area (Å²) in [6.45, 7) is 3.89. The molecule has 1 aromatic heterocycles. The standard InChI is InChI=1S/C9H16ClN5/c1-7-3-4-8(10)5-15(7)6-9-11-13-14(2)12-9/h7-8H,3-6H2,1-2H3. The third-order valence-electron chi connectivity index (χ3n) is 2.85. The third kappa shape index (κ3) is 2.66. The van der Waals surface area contributed by atoms with Crippen molar-refractivity contribution in [3.63, 3.8) is 0 Å². The Morgan fingerprint density at radius 3 is 2.93 bits per heavy atom. The maximum Gasteiger partial charge on any atom is 0.188 e. The zero-order chi connectivity index (χ0) is 10.8. The molecule has 6 heteroatoms. The molecule has 0 spiro atoms. The van der Waals surface area contributed by atoms with Crippen molar-refractivity contribution in [1.82, 2.24) is 25.1 Å². The van der Waals surface area contributed by atoms with Gasteiger partial charge in [-0.25, -0.2) is 0 Å². The molecule has 0 radical (unpaired) electrons. The molecular weight excluding hydrogens is 214 g/mol. The molecule has 84 valence electrons. The van der Waals surface area contributed by atoms with E-state index in [9.17, 15) is 0 Å². The molecule has 2 atom stereocenters. The lowest BCUT2D eigenvalue weighted by Crippen LogP contribution is -2.41. The fourth-order valence-electron chi connectivity index (χ4n) is 1.92. The van der Waals surface area contributed by atoms with E-state index in [4.69, 9.17) is 11.6 Å². The zero-order valence-electron chi connectivity index (χ0n) is 9.10. The molecular formula is C9H16ClN5. The average molecular weight is 230 g/mol. The van der Waals surface area contributed by atoms with Crippen LogP contribution < -0.4 is 0 Å². The van der Waals surface area contributed by atoms with Crippen LogP contribution in [0.2, 0.25) is 0 Å². The summed E-state index contributed by atoms with van der Waals surface area (Å²) in [5.41, 5.74) is 0. The summed E-state index contributed by atoms with van der Waals surface area (Å²) in [5, 5.41) is 12.2. The van der Waals surface area contributed by atoms with E-state index in [2.05, 4.69) is 27.2 Å². The van der Waals surface area contributed by atoms with E-state index in [1.165, 1.54) is 4.80 Å². The SMILES string of the molecule is CC1CCC(Cl)CN1Cc1nnn(C)n1. The van der Waals surface area contributed by atoms with Gasteiger partial charge in [-0.1, -0.05) is 0 Å². The number of alkyl halides is 1. The van der Waals surface area contributed by atoms with Crippen molar-refractivity contribution in [3.05, 3.63) is 5.82 Å². The molecule has 2 unspecified atom stereocenters. The van der Waals surface area contributed by atoms with Crippen LogP contribution in [0.25, 0.3) is 0 Å². The maximum absolute atomic E-state index is 6.14. The second kappa shape index (κ2) is 4.45. The van der Waals surface area contributed by atoms with Gasteiger partial charge in [-0.2, -0.15) is 4.80 Å². The minimum atomic E-state index is 0.262. The Balaban J connectivity index is 1.98. The van der Waals surface area contributed by atoms with Crippen LogP contribution in [0.1, 0.15) is 25.6 Å². The summed E-state index contributed by atoms with van der Waals surface area (Å²) in [7, 11) is 1.78. The van der Waals surface area contributed by atoms with E-state index in [0.29, 0.717) is 6.04 Å². The predicted molar refractivity (Wildman–Crippen MR) is 57.5 cm³/mol. The van der Waals surface area contributed by atoms with Gasteiger partial charge in [0.15, 0.2) is 5.82 Å². The highest BCUT2D eigenvalue weighted by Crippen LogP contribution is 2.21. The number of likely N-dealkylation sites (tertiary alicyclic amines) is 1. The first-order valence-electron chi connectivity index (χ1n) is 5.26. The highest BCUT2D eigenvalue weighted by molar-refractivity contribution is 6.20. The van der Waals surface area contributed by atoms with E-state index in [1.54, 1.807) is 7.05 Å². The van der Waals surface area contributed by atoms with Crippen LogP contribution in [0.4, 0.5) is 0 Å². The third-order valence-corrected chi connectivity index (χ3v) is 3.20. The van der Waals surface area contributed by atoms with Crippen molar-refractivity contribution in [3.8, 4) is 0 Å². The highest BCUT2D eigenvalue weighted by atomic mass is 35.5. The van der Waals surface area contributed by atoms with Gasteiger partial charge < -0.3 is 0 Å². The van der Waals surface area contributed by atoms with Crippen LogP contribution in [0.5, 0.6) is 0 Å². The van der Waals surface area contributed by atoms with Gasteiger partial charge in [-0.05, 0) is 25.0 Å². The minimum Gasteiger partial charge on any atom is -0.292 e. The summed E-state index contributed by atoms with van der Waals surface area (Å²) in [6, 6.07) is 0.559. The van der Waals surface area contributed by atoms with Gasteiger partial charge in [-0.3, -0.25) is 4.90 Å². The normalized spacial score (nSPS) is 28.2. The van der Waals surface area contributed by atoms with Crippen LogP contribution in [0, 0.1) is 0 Å². The van der Waals surface area contributed by atoms with Crippen LogP contribution in [-0.2, 0) is 13.6 Å². The molecule has 0 amide bonds. The summed E-state index contributed by atoms with van der Waals surface area (Å²) in [6.07, 6.45) is 2.25. The number of piperidine rings is 1. The van der Waals surface area contributed by atoms with Crippen molar-refractivity contribution in [2.75, 3.05) is 6.54 Å². The molecule has 0 bridgehead atoms. The van der Waals surface area contributed by atoms with Crippen LogP contribution in [0.3, 0.4) is 0 Å². The Morgan fingerprint density at radius 1 is 1.47 bits per heavy atom. The van der Waals surface area contributed by atoms with E-state index < -0.39 is 0 Å². The Hall–Kier alpha value is -0.680. The number of halogens is 1. The van der Waals surface area contributed by atoms with Gasteiger partial charge in [0.05, 0.1) is 13.6 Å². The Labute approximate surface area is 94.4 Å². The fraction of sp³-hybridized carbons (Fsp3) is 0.889. The quantitative estimate of drug-likeness (QED) is 0.704. The van der Waals surface area contributed by atoms with Crippen molar-refractivity contribution in [2.45, 2.75) is 37.7 Å². The summed E-state index contributed by atoms with van der Waals surface area (Å²) in [5.74, 6) is 0.773. The van der Waals surface area contributed by atoms with E-state index in [-0.39, 0.29) is 5.38 Å². The molecule has 0 saturated carbocycles. The van der Waals surface area contributed by atoms with E-state index in [0.717, 1.165) is 31.8 Å². The van der Waals surface area contributed by atoms with Crippen LogP contribution in [-0.4, -0.2) is 43.1 Å². The van der Waals surface area contributed by atoms with Crippen molar-refractivity contribution >= 4 is 11.6 Å². The van der Waals surface area contributed by atoms with Crippen LogP contribution in [0.15, 0.2) is 0 Å². The fourth-order valence-corrected chi connectivity index (χ4v) is 2.22. The first kappa shape index (κ1) is 10.8. The van der Waals surface area contributed by atoms with Gasteiger partial charge in [0, 0.05) is 18.0 Å². The Morgan fingerprint density at radius 2 is 2.27 bits per heavy atom. The molecule has 0 N–H and O–H groups in total. The molecule has 2 heterocycles. The van der Waals surface area contributed by atoms with Gasteiger partial charge in [0.1, 0.15) is 0 Å². The number of hydrogen-bond acceptors (Lipinski definition) is 4. The molecule has 15 heavy (non-hydrogen) atoms. The summed E-state index contributed by atoms with van der Waals surface area (Å²) in [4.78, 5) is 3.81. The molecule has 2 rings (SSSR count). The minimum absolute atomic E-state index is 0.262. The van der Waals surface area contributed by atoms with Crippen molar-refractivity contribution < 1.29 is 0 Å². The first-order valence-corrected chi connectivity index (χ1v) is 5.70. The predicted octanol–water partition coefficient (Wildman–Crippen LogP) is 0.802. The Kier molecular flexibility index (Phi) is 3.21. The van der Waals surface area contributed by atoms with Gasteiger partial charge in [-0.15, -0.1) is 21.8 Å². The molecule has 5 nitrogen and oxygen atoms in total. The topological polar surface area (TPSA) is 46.8 Å². The van der Waals surface area contributed by atoms with E-state index >= 15 is 0 Å². The number of aryl methyl sites for hydroxylation is 1. The van der Waals surface area contributed by atoms with Crippen molar-refractivity contribution in [1.29, 1.82) is 0 Å². The molecule has 1 aliphatic heterocycles. The van der Waals surface area contributed by atoms with Crippen LogP contribution >= 0.6 is 11.6 Å². The lowest BCUT2D eigenvalue weighted by molar-refractivity contribution is 0.151. The molecule has 1 aliphatic rings. The van der Waals surface area contributed by atoms with Crippen molar-refractivity contribution in [2.24, 2.45) is 7.05 Å². The van der Waals surface area contributed by atoms with Gasteiger partial charge in [0.2, 0.25) is 0 Å². The largest absolute Gasteiger partial charge is 0.292 e. The zero-order valence-corrected chi connectivity index (χ0v) is 9.85. The number of rotatable bonds is 2. The molecule has 1 saturated heterocycles. The summed E-state index contributed by atoms with van der Waals surface area (Å²) >= 11 is 6.14.